The van der Waals surface area contributed by atoms with Crippen LogP contribution in [0.5, 0.6) is 0 Å². The van der Waals surface area contributed by atoms with Crippen molar-refractivity contribution in [3.05, 3.63) is 81.6 Å². The Hall–Kier alpha value is -2.77. The average molecular weight is 480 g/mol. The zero-order valence-corrected chi connectivity index (χ0v) is 18.2. The van der Waals surface area contributed by atoms with Crippen LogP contribution in [0, 0.1) is 0 Å². The topological polar surface area (TPSA) is 54.0 Å². The van der Waals surface area contributed by atoms with E-state index in [1.54, 1.807) is 30.3 Å². The number of hydrogen-bond acceptors (Lipinski definition) is 3. The molecule has 4 nitrogen and oxygen atoms in total. The molecule has 2 N–H and O–H groups in total. The van der Waals surface area contributed by atoms with Crippen LogP contribution in [0.3, 0.4) is 0 Å². The first-order valence-electron chi connectivity index (χ1n) is 9.91. The Kier molecular flexibility index (Phi) is 6.31. The van der Waals surface area contributed by atoms with Crippen molar-refractivity contribution in [2.45, 2.75) is 31.5 Å². The minimum absolute atomic E-state index is 0.193. The Morgan fingerprint density at radius 1 is 1.09 bits per heavy atom. The molecule has 0 saturated heterocycles. The summed E-state index contributed by atoms with van der Waals surface area (Å²) in [6.07, 6.45) is -0.673. The summed E-state index contributed by atoms with van der Waals surface area (Å²) in [5, 5.41) is 7.26. The van der Waals surface area contributed by atoms with Gasteiger partial charge in [-0.1, -0.05) is 35.3 Å². The molecule has 4 rings (SSSR count). The van der Waals surface area contributed by atoms with Gasteiger partial charge in [0.1, 0.15) is 5.69 Å². The van der Waals surface area contributed by atoms with Crippen molar-refractivity contribution in [2.75, 3.05) is 5.32 Å². The molecule has 0 spiro atoms. The van der Waals surface area contributed by atoms with Crippen LogP contribution in [-0.4, -0.2) is 16.9 Å². The summed E-state index contributed by atoms with van der Waals surface area (Å²) < 4.78 is 40.1. The minimum Gasteiger partial charge on any atom is -0.378 e. The van der Waals surface area contributed by atoms with E-state index in [9.17, 15) is 18.0 Å². The molecule has 1 heterocycles. The Morgan fingerprint density at radius 3 is 2.62 bits per heavy atom. The third kappa shape index (κ3) is 5.00. The molecule has 0 fully saturated rings. The monoisotopic (exact) mass is 479 g/mol. The number of pyridine rings is 1. The fourth-order valence-electron chi connectivity index (χ4n) is 3.66. The van der Waals surface area contributed by atoms with Crippen molar-refractivity contribution < 1.29 is 18.0 Å². The lowest BCUT2D eigenvalue weighted by Gasteiger charge is -2.25. The average Bonchev–Trinajstić information content (AvgIpc) is 2.74. The molecule has 9 heteroatoms. The van der Waals surface area contributed by atoms with E-state index in [1.165, 1.54) is 12.1 Å². The SMILES string of the molecule is O=C(NC1=C[C@@H](Nc2cc(C(F)(F)F)nc3ccc(Cl)cc23)CCC1)c1ccccc1Cl. The van der Waals surface area contributed by atoms with Gasteiger partial charge in [-0.05, 0) is 61.7 Å². The van der Waals surface area contributed by atoms with Crippen LogP contribution in [0.2, 0.25) is 10.0 Å². The highest BCUT2D eigenvalue weighted by molar-refractivity contribution is 6.33. The lowest BCUT2D eigenvalue weighted by atomic mass is 9.99. The molecule has 3 aromatic rings. The number of alkyl halides is 3. The fraction of sp³-hybridized carbons (Fsp3) is 0.217. The maximum absolute atomic E-state index is 13.4. The zero-order chi connectivity index (χ0) is 22.9. The standard InChI is InChI=1S/C23H18Cl2F3N3O/c24-13-8-9-19-17(10-13)20(12-21(31-19)23(26,27)28)29-14-4-3-5-15(11-14)30-22(32)16-6-1-2-7-18(16)25/h1-2,6-12,14H,3-5H2,(H,29,31)(H,30,32)/t14-/m0/s1. The second-order valence-corrected chi connectivity index (χ2v) is 8.33. The third-order valence-corrected chi connectivity index (χ3v) is 5.72. The van der Waals surface area contributed by atoms with Crippen LogP contribution in [0.1, 0.15) is 35.3 Å². The van der Waals surface area contributed by atoms with E-state index in [-0.39, 0.29) is 23.2 Å². The number of rotatable bonds is 4. The first-order valence-corrected chi connectivity index (χ1v) is 10.7. The maximum atomic E-state index is 13.4. The van der Waals surface area contributed by atoms with Crippen molar-refractivity contribution in [3.63, 3.8) is 0 Å². The summed E-state index contributed by atoms with van der Waals surface area (Å²) in [6, 6.07) is 12.0. The molecule has 0 radical (unpaired) electrons. The lowest BCUT2D eigenvalue weighted by molar-refractivity contribution is -0.140. The number of amides is 1. The number of halogens is 5. The summed E-state index contributed by atoms with van der Waals surface area (Å²) in [7, 11) is 0. The van der Waals surface area contributed by atoms with Gasteiger partial charge in [0.2, 0.25) is 0 Å². The van der Waals surface area contributed by atoms with E-state index in [0.29, 0.717) is 39.5 Å². The van der Waals surface area contributed by atoms with Gasteiger partial charge < -0.3 is 10.6 Å². The maximum Gasteiger partial charge on any atom is 0.433 e. The van der Waals surface area contributed by atoms with Crippen LogP contribution in [-0.2, 0) is 6.18 Å². The fourth-order valence-corrected chi connectivity index (χ4v) is 4.05. The molecule has 0 bridgehead atoms. The quantitative estimate of drug-likeness (QED) is 0.430. The second kappa shape index (κ2) is 9.00. The minimum atomic E-state index is -4.58. The van der Waals surface area contributed by atoms with Crippen LogP contribution >= 0.6 is 23.2 Å². The molecule has 1 aliphatic carbocycles. The van der Waals surface area contributed by atoms with Crippen LogP contribution < -0.4 is 10.6 Å². The smallest absolute Gasteiger partial charge is 0.378 e. The van der Waals surface area contributed by atoms with E-state index in [2.05, 4.69) is 15.6 Å². The number of aromatic nitrogens is 1. The molecule has 1 aromatic heterocycles. The van der Waals surface area contributed by atoms with E-state index < -0.39 is 11.9 Å². The van der Waals surface area contributed by atoms with Crippen LogP contribution in [0.15, 0.2) is 60.3 Å². The second-order valence-electron chi connectivity index (χ2n) is 7.48. The van der Waals surface area contributed by atoms with Gasteiger partial charge in [-0.2, -0.15) is 13.2 Å². The number of fused-ring (bicyclic) bond motifs is 1. The third-order valence-electron chi connectivity index (χ3n) is 5.16. The first kappa shape index (κ1) is 22.4. The van der Waals surface area contributed by atoms with Gasteiger partial charge in [-0.3, -0.25) is 4.79 Å². The predicted molar refractivity (Wildman–Crippen MR) is 120 cm³/mol. The molecular weight excluding hydrogens is 462 g/mol. The zero-order valence-electron chi connectivity index (χ0n) is 16.6. The van der Waals surface area contributed by atoms with Crippen molar-refractivity contribution >= 4 is 45.7 Å². The molecule has 1 aliphatic rings. The highest BCUT2D eigenvalue weighted by Crippen LogP contribution is 2.35. The summed E-state index contributed by atoms with van der Waals surface area (Å²) in [6.45, 7) is 0. The number of carbonyl (C=O) groups is 1. The molecule has 2 aromatic carbocycles. The number of nitrogens with zero attached hydrogens (tertiary/aromatic N) is 1. The van der Waals surface area contributed by atoms with Crippen molar-refractivity contribution in [1.82, 2.24) is 10.3 Å². The highest BCUT2D eigenvalue weighted by Gasteiger charge is 2.33. The molecule has 0 saturated carbocycles. The predicted octanol–water partition coefficient (Wildman–Crippen LogP) is 6.84. The van der Waals surface area contributed by atoms with Crippen LogP contribution in [0.25, 0.3) is 10.9 Å². The van der Waals surface area contributed by atoms with E-state index in [4.69, 9.17) is 23.2 Å². The van der Waals surface area contributed by atoms with Gasteiger partial charge in [0.05, 0.1) is 16.1 Å². The van der Waals surface area contributed by atoms with Gasteiger partial charge in [-0.15, -0.1) is 0 Å². The summed E-state index contributed by atoms with van der Waals surface area (Å²) in [5.41, 5.74) is 0.534. The molecule has 1 amide bonds. The molecular formula is C23H18Cl2F3N3O. The van der Waals surface area contributed by atoms with Gasteiger partial charge in [0.15, 0.2) is 0 Å². The molecule has 0 unspecified atom stereocenters. The largest absolute Gasteiger partial charge is 0.433 e. The normalized spacial score (nSPS) is 16.5. The Balaban J connectivity index is 1.61. The number of anilines is 1. The summed E-state index contributed by atoms with van der Waals surface area (Å²) in [4.78, 5) is 16.3. The Labute approximate surface area is 192 Å². The Bertz CT molecular complexity index is 1210. The van der Waals surface area contributed by atoms with E-state index in [1.807, 2.05) is 6.08 Å². The van der Waals surface area contributed by atoms with Crippen molar-refractivity contribution in [3.8, 4) is 0 Å². The van der Waals surface area contributed by atoms with Gasteiger partial charge in [0.25, 0.3) is 5.91 Å². The number of hydrogen-bond donors (Lipinski definition) is 2. The number of carbonyl (C=O) groups excluding carboxylic acids is 1. The Morgan fingerprint density at radius 2 is 1.88 bits per heavy atom. The summed E-state index contributed by atoms with van der Waals surface area (Å²) >= 11 is 12.2. The van der Waals surface area contributed by atoms with Crippen molar-refractivity contribution in [2.24, 2.45) is 0 Å². The van der Waals surface area contributed by atoms with E-state index in [0.717, 1.165) is 12.5 Å². The number of allylic oxidation sites excluding steroid dienone is 1. The highest BCUT2D eigenvalue weighted by atomic mass is 35.5. The number of nitrogens with one attached hydrogen (secondary N) is 2. The van der Waals surface area contributed by atoms with Gasteiger partial charge in [-0.25, -0.2) is 4.98 Å². The molecule has 1 atom stereocenters. The number of benzene rings is 2. The molecule has 0 aliphatic heterocycles. The summed E-state index contributed by atoms with van der Waals surface area (Å²) in [5.74, 6) is -0.331. The molecule has 32 heavy (non-hydrogen) atoms. The molecule has 166 valence electrons. The van der Waals surface area contributed by atoms with Gasteiger partial charge >= 0.3 is 6.18 Å². The lowest BCUT2D eigenvalue weighted by Crippen LogP contribution is -2.29. The van der Waals surface area contributed by atoms with E-state index >= 15 is 0 Å². The van der Waals surface area contributed by atoms with Crippen molar-refractivity contribution in [1.29, 1.82) is 0 Å². The van der Waals surface area contributed by atoms with Crippen LogP contribution in [0.4, 0.5) is 18.9 Å². The first-order chi connectivity index (χ1) is 15.2. The van der Waals surface area contributed by atoms with Gasteiger partial charge in [0, 0.05) is 27.8 Å².